The standard InChI is InChI=1S/C23H17N5O/c1-14-20-21(16-8-10-26-11-9-16)19(13-24)22(25)29-23(20)28(27-14)18-7-6-15-4-2-3-5-17(15)12-18/h2-12,21H,25H2,1H3/t21-/m0/s1. The van der Waals surface area contributed by atoms with Crippen molar-refractivity contribution < 1.29 is 4.74 Å². The first kappa shape index (κ1) is 17.0. The second-order valence-corrected chi connectivity index (χ2v) is 6.95. The van der Waals surface area contributed by atoms with Crippen molar-refractivity contribution in [3.8, 4) is 17.6 Å². The first-order valence-corrected chi connectivity index (χ1v) is 9.23. The topological polar surface area (TPSA) is 89.8 Å². The summed E-state index contributed by atoms with van der Waals surface area (Å²) >= 11 is 0. The molecule has 3 heterocycles. The Kier molecular flexibility index (Phi) is 3.81. The van der Waals surface area contributed by atoms with Gasteiger partial charge < -0.3 is 10.5 Å². The van der Waals surface area contributed by atoms with Crippen molar-refractivity contribution in [2.75, 3.05) is 0 Å². The number of pyridine rings is 1. The van der Waals surface area contributed by atoms with Crippen molar-refractivity contribution >= 4 is 10.8 Å². The Morgan fingerprint density at radius 1 is 1.07 bits per heavy atom. The molecule has 1 aliphatic heterocycles. The van der Waals surface area contributed by atoms with E-state index in [0.717, 1.165) is 33.3 Å². The minimum atomic E-state index is -0.346. The predicted molar refractivity (Wildman–Crippen MR) is 109 cm³/mol. The van der Waals surface area contributed by atoms with Gasteiger partial charge in [-0.15, -0.1) is 0 Å². The van der Waals surface area contributed by atoms with Gasteiger partial charge in [0.25, 0.3) is 0 Å². The molecule has 29 heavy (non-hydrogen) atoms. The molecule has 0 aliphatic carbocycles. The normalized spacial score (nSPS) is 15.7. The lowest BCUT2D eigenvalue weighted by atomic mass is 9.84. The predicted octanol–water partition coefficient (Wildman–Crippen LogP) is 3.95. The van der Waals surface area contributed by atoms with Gasteiger partial charge in [0.15, 0.2) is 0 Å². The summed E-state index contributed by atoms with van der Waals surface area (Å²) in [5.41, 5.74) is 9.96. The van der Waals surface area contributed by atoms with Crippen LogP contribution < -0.4 is 10.5 Å². The molecule has 0 spiro atoms. The van der Waals surface area contributed by atoms with Crippen molar-refractivity contribution in [1.29, 1.82) is 5.26 Å². The molecule has 6 nitrogen and oxygen atoms in total. The molecule has 140 valence electrons. The van der Waals surface area contributed by atoms with Gasteiger partial charge in [-0.3, -0.25) is 4.98 Å². The molecular weight excluding hydrogens is 362 g/mol. The van der Waals surface area contributed by atoms with Crippen LogP contribution in [0.25, 0.3) is 16.5 Å². The summed E-state index contributed by atoms with van der Waals surface area (Å²) in [5, 5.41) is 16.7. The first-order chi connectivity index (χ1) is 14.2. The van der Waals surface area contributed by atoms with Crippen LogP contribution in [0.15, 0.2) is 78.4 Å². The van der Waals surface area contributed by atoms with E-state index < -0.39 is 0 Å². The van der Waals surface area contributed by atoms with E-state index in [0.29, 0.717) is 11.5 Å². The highest BCUT2D eigenvalue weighted by atomic mass is 16.5. The lowest BCUT2D eigenvalue weighted by Crippen LogP contribution is -2.22. The Bertz CT molecular complexity index is 1310. The SMILES string of the molecule is Cc1nn(-c2ccc3ccccc3c2)c2c1[C@@H](c1ccncc1)C(C#N)=C(N)O2. The van der Waals surface area contributed by atoms with Crippen LogP contribution in [0.5, 0.6) is 5.88 Å². The minimum absolute atomic E-state index is 0.101. The molecular formula is C23H17N5O. The highest BCUT2D eigenvalue weighted by Crippen LogP contribution is 2.44. The lowest BCUT2D eigenvalue weighted by Gasteiger charge is -2.24. The highest BCUT2D eigenvalue weighted by molar-refractivity contribution is 5.84. The van der Waals surface area contributed by atoms with Gasteiger partial charge in [-0.2, -0.15) is 10.4 Å². The van der Waals surface area contributed by atoms with Crippen LogP contribution in [0, 0.1) is 18.3 Å². The average Bonchev–Trinajstić information content (AvgIpc) is 3.08. The smallest absolute Gasteiger partial charge is 0.229 e. The monoisotopic (exact) mass is 379 g/mol. The molecule has 0 unspecified atom stereocenters. The van der Waals surface area contributed by atoms with Crippen molar-refractivity contribution in [2.45, 2.75) is 12.8 Å². The Labute approximate surface area is 167 Å². The molecule has 2 N–H and O–H groups in total. The van der Waals surface area contributed by atoms with Crippen LogP contribution >= 0.6 is 0 Å². The van der Waals surface area contributed by atoms with E-state index in [1.165, 1.54) is 0 Å². The number of allylic oxidation sites excluding steroid dienone is 1. The molecule has 0 radical (unpaired) electrons. The van der Waals surface area contributed by atoms with Crippen LogP contribution in [-0.2, 0) is 0 Å². The molecule has 0 saturated heterocycles. The van der Waals surface area contributed by atoms with Crippen LogP contribution in [0.4, 0.5) is 0 Å². The van der Waals surface area contributed by atoms with Gasteiger partial charge in [0.1, 0.15) is 11.6 Å². The van der Waals surface area contributed by atoms with Crippen molar-refractivity contribution in [3.05, 3.63) is 95.3 Å². The molecule has 2 aromatic carbocycles. The number of nitriles is 1. The van der Waals surface area contributed by atoms with Crippen molar-refractivity contribution in [1.82, 2.24) is 14.8 Å². The maximum absolute atomic E-state index is 9.74. The minimum Gasteiger partial charge on any atom is -0.422 e. The molecule has 1 atom stereocenters. The largest absolute Gasteiger partial charge is 0.422 e. The Morgan fingerprint density at radius 3 is 2.59 bits per heavy atom. The molecule has 0 bridgehead atoms. The van der Waals surface area contributed by atoms with Crippen molar-refractivity contribution in [3.63, 3.8) is 0 Å². The molecule has 2 aromatic heterocycles. The molecule has 4 aromatic rings. The number of fused-ring (bicyclic) bond motifs is 2. The number of aromatic nitrogens is 3. The molecule has 0 amide bonds. The number of rotatable bonds is 2. The van der Waals surface area contributed by atoms with Gasteiger partial charge in [-0.25, -0.2) is 4.68 Å². The van der Waals surface area contributed by atoms with Gasteiger partial charge in [0, 0.05) is 12.4 Å². The number of nitrogens with zero attached hydrogens (tertiary/aromatic N) is 4. The van der Waals surface area contributed by atoms with E-state index in [9.17, 15) is 5.26 Å². The summed E-state index contributed by atoms with van der Waals surface area (Å²) in [6.45, 7) is 1.92. The van der Waals surface area contributed by atoms with E-state index in [1.807, 2.05) is 37.3 Å². The van der Waals surface area contributed by atoms with Crippen LogP contribution in [0.1, 0.15) is 22.7 Å². The zero-order valence-electron chi connectivity index (χ0n) is 15.7. The van der Waals surface area contributed by atoms with E-state index in [4.69, 9.17) is 15.6 Å². The Morgan fingerprint density at radius 2 is 1.83 bits per heavy atom. The van der Waals surface area contributed by atoms with Gasteiger partial charge in [0.2, 0.25) is 11.8 Å². The van der Waals surface area contributed by atoms with Gasteiger partial charge in [-0.1, -0.05) is 30.3 Å². The summed E-state index contributed by atoms with van der Waals surface area (Å²) in [7, 11) is 0. The molecule has 5 rings (SSSR count). The fraction of sp³-hybridized carbons (Fsp3) is 0.0870. The quantitative estimate of drug-likeness (QED) is 0.570. The fourth-order valence-corrected chi connectivity index (χ4v) is 3.89. The third kappa shape index (κ3) is 2.64. The van der Waals surface area contributed by atoms with Gasteiger partial charge in [0.05, 0.1) is 22.9 Å². The Hall–Kier alpha value is -4.11. The van der Waals surface area contributed by atoms with E-state index in [-0.39, 0.29) is 11.8 Å². The summed E-state index contributed by atoms with van der Waals surface area (Å²) in [6, 6.07) is 20.2. The maximum atomic E-state index is 9.74. The number of hydrogen-bond donors (Lipinski definition) is 1. The summed E-state index contributed by atoms with van der Waals surface area (Å²) in [5.74, 6) is 0.292. The number of ether oxygens (including phenoxy) is 1. The van der Waals surface area contributed by atoms with Crippen molar-refractivity contribution in [2.24, 2.45) is 5.73 Å². The third-order valence-corrected chi connectivity index (χ3v) is 5.25. The van der Waals surface area contributed by atoms with Gasteiger partial charge >= 0.3 is 0 Å². The zero-order chi connectivity index (χ0) is 20.0. The summed E-state index contributed by atoms with van der Waals surface area (Å²) in [6.07, 6.45) is 3.41. The first-order valence-electron chi connectivity index (χ1n) is 9.23. The Balaban J connectivity index is 1.73. The molecule has 0 saturated carbocycles. The third-order valence-electron chi connectivity index (χ3n) is 5.25. The van der Waals surface area contributed by atoms with Crippen LogP contribution in [0.3, 0.4) is 0 Å². The van der Waals surface area contributed by atoms with E-state index >= 15 is 0 Å². The summed E-state index contributed by atoms with van der Waals surface area (Å²) < 4.78 is 7.68. The number of aryl methyl sites for hydroxylation is 1. The van der Waals surface area contributed by atoms with E-state index in [1.54, 1.807) is 17.1 Å². The second-order valence-electron chi connectivity index (χ2n) is 6.95. The molecule has 0 fully saturated rings. The summed E-state index contributed by atoms with van der Waals surface area (Å²) in [4.78, 5) is 4.09. The fourth-order valence-electron chi connectivity index (χ4n) is 3.89. The van der Waals surface area contributed by atoms with Crippen LogP contribution in [0.2, 0.25) is 0 Å². The average molecular weight is 379 g/mol. The maximum Gasteiger partial charge on any atom is 0.229 e. The van der Waals surface area contributed by atoms with E-state index in [2.05, 4.69) is 35.3 Å². The number of benzene rings is 2. The van der Waals surface area contributed by atoms with Gasteiger partial charge in [-0.05, 0) is 47.5 Å². The van der Waals surface area contributed by atoms with Crippen LogP contribution in [-0.4, -0.2) is 14.8 Å². The lowest BCUT2D eigenvalue weighted by molar-refractivity contribution is 0.367. The molecule has 6 heteroatoms. The second kappa shape index (κ2) is 6.50. The highest BCUT2D eigenvalue weighted by Gasteiger charge is 2.36. The molecule has 1 aliphatic rings. The zero-order valence-corrected chi connectivity index (χ0v) is 15.7. The number of nitrogens with two attached hydrogens (primary N) is 1. The number of hydrogen-bond acceptors (Lipinski definition) is 5.